The zero-order valence-electron chi connectivity index (χ0n) is 27.3. The molecule has 226 valence electrons. The van der Waals surface area contributed by atoms with Crippen LogP contribution in [-0.2, 0) is 16.0 Å². The topological polar surface area (TPSA) is 43.9 Å². The van der Waals surface area contributed by atoms with Crippen LogP contribution in [0.25, 0.3) is 0 Å². The van der Waals surface area contributed by atoms with Gasteiger partial charge >= 0.3 is 68.9 Å². The van der Waals surface area contributed by atoms with Crippen molar-refractivity contribution in [2.45, 2.75) is 92.5 Å². The molecule has 0 N–H and O–H groups in total. The Morgan fingerprint density at radius 1 is 1.07 bits per heavy atom. The average molecular weight is 706 g/mol. The Morgan fingerprint density at radius 2 is 1.71 bits per heavy atom. The van der Waals surface area contributed by atoms with E-state index in [2.05, 4.69) is 32.3 Å². The van der Waals surface area contributed by atoms with Crippen LogP contribution >= 0.6 is 11.6 Å². The molecule has 1 fully saturated rings. The Morgan fingerprint density at radius 3 is 2.22 bits per heavy atom. The maximum atomic E-state index is 12.8. The number of ketones is 1. The molecule has 0 bridgehead atoms. The molecular formula is C34H55ClCsN3O2. The van der Waals surface area contributed by atoms with Crippen LogP contribution in [0.1, 0.15) is 85.6 Å². The maximum absolute atomic E-state index is 12.8. The second-order valence-electron chi connectivity index (χ2n) is 10.3. The van der Waals surface area contributed by atoms with Crippen LogP contribution in [0.15, 0.2) is 60.5 Å². The molecule has 7 heteroatoms. The van der Waals surface area contributed by atoms with Gasteiger partial charge in [-0.2, -0.15) is 0 Å². The van der Waals surface area contributed by atoms with Crippen LogP contribution in [0.2, 0.25) is 5.02 Å². The van der Waals surface area contributed by atoms with E-state index in [0.29, 0.717) is 18.8 Å². The fourth-order valence-corrected chi connectivity index (χ4v) is 4.98. The minimum atomic E-state index is 0. The fraction of sp³-hybridized carbons (Fsp3) is 0.559. The third-order valence-electron chi connectivity index (χ3n) is 6.84. The quantitative estimate of drug-likeness (QED) is 0.153. The predicted molar refractivity (Wildman–Crippen MR) is 173 cm³/mol. The van der Waals surface area contributed by atoms with Crippen molar-refractivity contribution in [2.75, 3.05) is 32.7 Å². The van der Waals surface area contributed by atoms with Crippen LogP contribution in [-0.4, -0.2) is 65.2 Å². The molecule has 1 aromatic carbocycles. The third kappa shape index (κ3) is 16.4. The van der Waals surface area contributed by atoms with E-state index in [-0.39, 0.29) is 94.1 Å². The smallest absolute Gasteiger partial charge is 0.358 e. The number of aryl methyl sites for hydroxylation is 1. The van der Waals surface area contributed by atoms with E-state index < -0.39 is 0 Å². The maximum Gasteiger partial charge on any atom is 1.00 e. The van der Waals surface area contributed by atoms with Crippen LogP contribution in [0.5, 0.6) is 0 Å². The van der Waals surface area contributed by atoms with E-state index in [0.717, 1.165) is 43.2 Å². The van der Waals surface area contributed by atoms with Crippen molar-refractivity contribution in [1.82, 2.24) is 14.7 Å². The van der Waals surface area contributed by atoms with E-state index in [1.807, 2.05) is 60.1 Å². The summed E-state index contributed by atoms with van der Waals surface area (Å²) in [7, 11) is 0. The van der Waals surface area contributed by atoms with E-state index >= 15 is 0 Å². The van der Waals surface area contributed by atoms with Gasteiger partial charge in [0, 0.05) is 42.9 Å². The number of amides is 1. The number of carbonyl (C=O) groups excluding carboxylic acids is 2. The van der Waals surface area contributed by atoms with Gasteiger partial charge in [-0.25, -0.2) is 0 Å². The summed E-state index contributed by atoms with van der Waals surface area (Å²) in [6.45, 7) is 20.4. The van der Waals surface area contributed by atoms with Crippen molar-refractivity contribution < 1.29 is 78.5 Å². The molecule has 5 nitrogen and oxygen atoms in total. The monoisotopic (exact) mass is 705 g/mol. The Kier molecular flexibility index (Phi) is 26.2. The number of Topliss-reactive ketones (excluding diaryl/α,β-unsaturated/α-hetero) is 1. The number of nitrogens with zero attached hydrogens (tertiary/aromatic N) is 3. The van der Waals surface area contributed by atoms with Crippen molar-refractivity contribution >= 4 is 23.3 Å². The van der Waals surface area contributed by atoms with Gasteiger partial charge in [0.15, 0.2) is 5.78 Å². The first kappa shape index (κ1) is 42.8. The van der Waals surface area contributed by atoms with Gasteiger partial charge in [-0.3, -0.25) is 14.5 Å². The van der Waals surface area contributed by atoms with Gasteiger partial charge in [-0.15, -0.1) is 0 Å². The Balaban J connectivity index is 0. The summed E-state index contributed by atoms with van der Waals surface area (Å²) >= 11 is 5.82. The van der Waals surface area contributed by atoms with Crippen molar-refractivity contribution in [3.05, 3.63) is 78.5 Å². The molecule has 1 aliphatic heterocycles. The Labute approximate surface area is 316 Å². The minimum Gasteiger partial charge on any atom is -0.358 e. The van der Waals surface area contributed by atoms with Gasteiger partial charge in [-0.05, 0) is 57.3 Å². The third-order valence-corrected chi connectivity index (χ3v) is 7.21. The average Bonchev–Trinajstić information content (AvgIpc) is 2.91. The SMILES string of the molecule is C=C1CN(C(=O)/C=C/CN(CCCC)CCCCC)C[C@H](C)N1/C(=C\CC)C(C)=O.CCc1ccccc1Cl.[CH3-].[Cs+]. The summed E-state index contributed by atoms with van der Waals surface area (Å²) in [6.07, 6.45) is 13.5. The van der Waals surface area contributed by atoms with Gasteiger partial charge in [-0.1, -0.05) is 95.5 Å². The van der Waals surface area contributed by atoms with Crippen molar-refractivity contribution in [1.29, 1.82) is 0 Å². The first-order valence-electron chi connectivity index (χ1n) is 14.8. The second kappa shape index (κ2) is 25.1. The summed E-state index contributed by atoms with van der Waals surface area (Å²) in [5, 5.41) is 0.875. The molecule has 1 aliphatic rings. The van der Waals surface area contributed by atoms with E-state index in [1.165, 1.54) is 37.7 Å². The molecule has 2 rings (SSSR count). The van der Waals surface area contributed by atoms with Gasteiger partial charge in [0.05, 0.1) is 12.2 Å². The van der Waals surface area contributed by atoms with Crippen molar-refractivity contribution in [2.24, 2.45) is 0 Å². The van der Waals surface area contributed by atoms with E-state index in [1.54, 1.807) is 13.0 Å². The Bertz CT molecular complexity index is 963. The number of allylic oxidation sites excluding steroid dienone is 2. The fourth-order valence-electron chi connectivity index (χ4n) is 4.71. The molecule has 0 saturated carbocycles. The second-order valence-corrected chi connectivity index (χ2v) is 10.7. The number of unbranched alkanes of at least 4 members (excludes halogenated alkanes) is 3. The minimum absolute atomic E-state index is 0. The zero-order valence-corrected chi connectivity index (χ0v) is 34.4. The van der Waals surface area contributed by atoms with Gasteiger partial charge < -0.3 is 17.2 Å². The molecule has 0 spiro atoms. The van der Waals surface area contributed by atoms with Crippen molar-refractivity contribution in [3.8, 4) is 0 Å². The summed E-state index contributed by atoms with van der Waals surface area (Å²) in [6, 6.07) is 7.94. The molecule has 0 radical (unpaired) electrons. The molecule has 1 heterocycles. The van der Waals surface area contributed by atoms with E-state index in [9.17, 15) is 9.59 Å². The largest absolute Gasteiger partial charge is 1.00 e. The van der Waals surface area contributed by atoms with Crippen LogP contribution in [0, 0.1) is 7.43 Å². The molecule has 0 aliphatic carbocycles. The van der Waals surface area contributed by atoms with Gasteiger partial charge in [0.2, 0.25) is 5.91 Å². The summed E-state index contributed by atoms with van der Waals surface area (Å²) in [5.74, 6) is 0.0651. The van der Waals surface area contributed by atoms with Gasteiger partial charge in [0.25, 0.3) is 0 Å². The zero-order chi connectivity index (χ0) is 29.2. The normalized spacial score (nSPS) is 15.3. The number of carbonyl (C=O) groups is 2. The summed E-state index contributed by atoms with van der Waals surface area (Å²) < 4.78 is 0. The molecule has 0 aromatic heterocycles. The summed E-state index contributed by atoms with van der Waals surface area (Å²) in [5.41, 5.74) is 2.71. The number of rotatable bonds is 14. The first-order chi connectivity index (χ1) is 18.7. The number of halogens is 1. The first-order valence-corrected chi connectivity index (χ1v) is 15.2. The number of piperazine rings is 1. The van der Waals surface area contributed by atoms with Crippen LogP contribution in [0.3, 0.4) is 0 Å². The molecule has 1 amide bonds. The molecule has 1 saturated heterocycles. The number of benzene rings is 1. The molecule has 1 atom stereocenters. The number of hydrogen-bond acceptors (Lipinski definition) is 4. The molecular weight excluding hydrogens is 651 g/mol. The van der Waals surface area contributed by atoms with Gasteiger partial charge in [0.1, 0.15) is 0 Å². The predicted octanol–water partition coefficient (Wildman–Crippen LogP) is 5.12. The standard InChI is InChI=1S/C25H43N3O2.C8H9Cl.CH3.Cs/c1-7-10-12-17-26(16-11-8-2)18-13-15-25(30)27-19-21(4)28(22(5)20-27)24(14-9-3)23(6)29;1-2-7-5-3-4-6-8(7)9;;/h13-15,22H,4,7-12,16-20H2,1-3,5-6H3;3-6H,2H2,1H3;1H3;/q;;-1;+1/b15-13+,24-14-;;;/t22-;;;/m0.../s1. The van der Waals surface area contributed by atoms with Crippen LogP contribution in [0.4, 0.5) is 0 Å². The molecule has 41 heavy (non-hydrogen) atoms. The number of hydrogen-bond donors (Lipinski definition) is 0. The van der Waals surface area contributed by atoms with Crippen molar-refractivity contribution in [3.63, 3.8) is 0 Å². The molecule has 0 unspecified atom stereocenters. The molecule has 1 aromatic rings. The van der Waals surface area contributed by atoms with Crippen LogP contribution < -0.4 is 68.9 Å². The Hall–Kier alpha value is -0.318. The summed E-state index contributed by atoms with van der Waals surface area (Å²) in [4.78, 5) is 31.1. The van der Waals surface area contributed by atoms with E-state index in [4.69, 9.17) is 11.6 Å².